The van der Waals surface area contributed by atoms with Crippen molar-refractivity contribution in [3.05, 3.63) is 70.1 Å². The van der Waals surface area contributed by atoms with Gasteiger partial charge in [-0.25, -0.2) is 4.39 Å². The van der Waals surface area contributed by atoms with Crippen LogP contribution in [-0.2, 0) is 0 Å². The minimum Gasteiger partial charge on any atom is -0.507 e. The van der Waals surface area contributed by atoms with Crippen LogP contribution in [0, 0.1) is 5.92 Å². The molecule has 7 nitrogen and oxygen atoms in total. The summed E-state index contributed by atoms with van der Waals surface area (Å²) < 4.78 is 14.8. The highest BCUT2D eigenvalue weighted by Gasteiger charge is 2.48. The number of anilines is 1. The maximum atomic E-state index is 14.8. The lowest BCUT2D eigenvalue weighted by molar-refractivity contribution is 0.178. The van der Waals surface area contributed by atoms with Crippen molar-refractivity contribution in [2.24, 2.45) is 5.92 Å². The Morgan fingerprint density at radius 2 is 1.82 bits per heavy atom. The molecule has 0 spiro atoms. The maximum absolute atomic E-state index is 14.8. The van der Waals surface area contributed by atoms with E-state index in [0.717, 1.165) is 19.4 Å². The van der Waals surface area contributed by atoms with Crippen LogP contribution in [0.2, 0.25) is 0 Å². The van der Waals surface area contributed by atoms with Gasteiger partial charge in [-0.15, -0.1) is 10.2 Å². The molecule has 0 amide bonds. The number of phenolic OH excluding ortho intramolecular Hbond substituents is 1. The van der Waals surface area contributed by atoms with E-state index in [1.54, 1.807) is 18.2 Å². The fourth-order valence-corrected chi connectivity index (χ4v) is 5.76. The number of aromatic amines is 1. The van der Waals surface area contributed by atoms with E-state index in [-0.39, 0.29) is 33.5 Å². The van der Waals surface area contributed by atoms with Crippen LogP contribution in [0.3, 0.4) is 0 Å². The number of nitrogens with zero attached hydrogens (tertiary/aromatic N) is 2. The summed E-state index contributed by atoms with van der Waals surface area (Å²) in [6.07, 6.45) is 4.63. The first-order valence-corrected chi connectivity index (χ1v) is 11.7. The van der Waals surface area contributed by atoms with Gasteiger partial charge in [-0.1, -0.05) is 6.07 Å². The zero-order chi connectivity index (χ0) is 23.9. The molecular formula is C26H30FN5O2. The zero-order valence-electron chi connectivity index (χ0n) is 19.4. The molecule has 4 heterocycles. The van der Waals surface area contributed by atoms with E-state index in [4.69, 9.17) is 0 Å². The summed E-state index contributed by atoms with van der Waals surface area (Å²) in [6, 6.07) is 10.9. The van der Waals surface area contributed by atoms with Crippen LogP contribution in [-0.4, -0.2) is 37.9 Å². The SMILES string of the molecule is CC12CCC(C)(CC(CNc3ccc(-c4ccc(C(F)c5cc[nH]c(=O)c5)cc4O)nn3)C1)N2. The highest BCUT2D eigenvalue weighted by atomic mass is 19.1. The summed E-state index contributed by atoms with van der Waals surface area (Å²) in [4.78, 5) is 13.9. The number of pyridine rings is 1. The second-order valence-corrected chi connectivity index (χ2v) is 10.3. The highest BCUT2D eigenvalue weighted by molar-refractivity contribution is 5.67. The Kier molecular flexibility index (Phi) is 5.64. The minimum absolute atomic E-state index is 0.0910. The molecule has 3 aromatic rings. The number of hydrogen-bond donors (Lipinski definition) is 4. The lowest BCUT2D eigenvalue weighted by Crippen LogP contribution is -2.54. The number of hydrogen-bond acceptors (Lipinski definition) is 6. The second kappa shape index (κ2) is 8.51. The van der Waals surface area contributed by atoms with Crippen LogP contribution < -0.4 is 16.2 Å². The summed E-state index contributed by atoms with van der Waals surface area (Å²) in [6.45, 7) is 5.49. The number of fused-ring (bicyclic) bond motifs is 2. The van der Waals surface area contributed by atoms with Crippen molar-refractivity contribution in [3.63, 3.8) is 0 Å². The third-order valence-electron chi connectivity index (χ3n) is 7.23. The third-order valence-corrected chi connectivity index (χ3v) is 7.23. The number of nitrogens with one attached hydrogen (secondary N) is 3. The number of benzene rings is 1. The minimum atomic E-state index is -1.52. The molecule has 3 unspecified atom stereocenters. The van der Waals surface area contributed by atoms with Gasteiger partial charge in [0.2, 0.25) is 5.56 Å². The van der Waals surface area contributed by atoms with E-state index in [9.17, 15) is 14.3 Å². The number of alkyl halides is 1. The molecule has 0 radical (unpaired) electrons. The predicted octanol–water partition coefficient (Wildman–Crippen LogP) is 4.32. The van der Waals surface area contributed by atoms with E-state index in [1.165, 1.54) is 37.2 Å². The van der Waals surface area contributed by atoms with E-state index < -0.39 is 6.17 Å². The standard InChI is InChI=1S/C26H30FN5O2/c1-25-8-9-26(2,32-25)14-16(13-25)15-29-22-6-5-20(30-31-22)19-4-3-17(11-21(19)33)24(27)18-7-10-28-23(34)12-18/h3-7,10-12,16,24,32-33H,8-9,13-15H2,1-2H3,(H,28,34)(H,29,31). The zero-order valence-corrected chi connectivity index (χ0v) is 19.4. The van der Waals surface area contributed by atoms with Crippen molar-refractivity contribution in [3.8, 4) is 17.0 Å². The number of phenols is 1. The fourth-order valence-electron chi connectivity index (χ4n) is 5.76. The van der Waals surface area contributed by atoms with Gasteiger partial charge in [0.05, 0.1) is 5.69 Å². The Morgan fingerprint density at radius 3 is 2.47 bits per heavy atom. The molecule has 0 saturated carbocycles. The Balaban J connectivity index is 1.25. The molecule has 178 valence electrons. The Hall–Kier alpha value is -3.26. The molecule has 34 heavy (non-hydrogen) atoms. The molecule has 2 aliphatic rings. The Labute approximate surface area is 197 Å². The van der Waals surface area contributed by atoms with Crippen LogP contribution in [0.1, 0.15) is 56.8 Å². The van der Waals surface area contributed by atoms with Crippen LogP contribution >= 0.6 is 0 Å². The summed E-state index contributed by atoms with van der Waals surface area (Å²) in [5, 5.41) is 26.3. The number of halogens is 1. The number of aromatic nitrogens is 3. The quantitative estimate of drug-likeness (QED) is 0.434. The average molecular weight is 464 g/mol. The number of piperidine rings is 1. The van der Waals surface area contributed by atoms with Gasteiger partial charge in [-0.2, -0.15) is 0 Å². The molecule has 2 saturated heterocycles. The topological polar surface area (TPSA) is 103 Å². The molecule has 1 aromatic carbocycles. The van der Waals surface area contributed by atoms with Gasteiger partial charge in [-0.3, -0.25) is 4.79 Å². The molecule has 2 fully saturated rings. The van der Waals surface area contributed by atoms with Crippen molar-refractivity contribution >= 4 is 5.82 Å². The van der Waals surface area contributed by atoms with Crippen LogP contribution in [0.5, 0.6) is 5.75 Å². The van der Waals surface area contributed by atoms with Crippen molar-refractivity contribution in [1.29, 1.82) is 0 Å². The molecule has 4 N–H and O–H groups in total. The lowest BCUT2D eigenvalue weighted by atomic mass is 9.80. The summed E-state index contributed by atoms with van der Waals surface area (Å²) >= 11 is 0. The van der Waals surface area contributed by atoms with Gasteiger partial charge < -0.3 is 20.7 Å². The van der Waals surface area contributed by atoms with Crippen LogP contribution in [0.4, 0.5) is 10.2 Å². The smallest absolute Gasteiger partial charge is 0.248 e. The van der Waals surface area contributed by atoms with Crippen LogP contribution in [0.25, 0.3) is 11.3 Å². The molecule has 0 aliphatic carbocycles. The van der Waals surface area contributed by atoms with Gasteiger partial charge >= 0.3 is 0 Å². The van der Waals surface area contributed by atoms with E-state index in [1.807, 2.05) is 6.07 Å². The lowest BCUT2D eigenvalue weighted by Gasteiger charge is -2.42. The molecule has 2 aromatic heterocycles. The van der Waals surface area contributed by atoms with Gasteiger partial charge in [0, 0.05) is 35.4 Å². The number of rotatable bonds is 6. The number of aromatic hydroxyl groups is 1. The van der Waals surface area contributed by atoms with Gasteiger partial charge in [0.25, 0.3) is 0 Å². The summed E-state index contributed by atoms with van der Waals surface area (Å²) in [5.74, 6) is 1.18. The first-order chi connectivity index (χ1) is 16.2. The first-order valence-electron chi connectivity index (χ1n) is 11.7. The number of H-pyrrole nitrogens is 1. The summed E-state index contributed by atoms with van der Waals surface area (Å²) in [5.41, 5.74) is 1.55. The fraction of sp³-hybridized carbons (Fsp3) is 0.423. The van der Waals surface area contributed by atoms with E-state index >= 15 is 0 Å². The second-order valence-electron chi connectivity index (χ2n) is 10.3. The van der Waals surface area contributed by atoms with Crippen molar-refractivity contribution in [1.82, 2.24) is 20.5 Å². The van der Waals surface area contributed by atoms with Crippen molar-refractivity contribution in [2.75, 3.05) is 11.9 Å². The maximum Gasteiger partial charge on any atom is 0.248 e. The monoisotopic (exact) mass is 463 g/mol. The molecule has 5 rings (SSSR count). The molecule has 2 bridgehead atoms. The Bertz CT molecular complexity index is 1230. The normalized spacial score (nSPS) is 26.9. The van der Waals surface area contributed by atoms with Gasteiger partial charge in [0.1, 0.15) is 11.6 Å². The third kappa shape index (κ3) is 4.55. The average Bonchev–Trinajstić information content (AvgIpc) is 3.04. The molecule has 3 atom stereocenters. The van der Waals surface area contributed by atoms with Gasteiger partial charge in [-0.05, 0) is 86.9 Å². The van der Waals surface area contributed by atoms with Gasteiger partial charge in [0.15, 0.2) is 6.17 Å². The predicted molar refractivity (Wildman–Crippen MR) is 130 cm³/mol. The molecule has 2 aliphatic heterocycles. The van der Waals surface area contributed by atoms with Crippen molar-refractivity contribution in [2.45, 2.75) is 56.8 Å². The Morgan fingerprint density at radius 1 is 1.09 bits per heavy atom. The van der Waals surface area contributed by atoms with Crippen LogP contribution in [0.15, 0.2) is 53.5 Å². The largest absolute Gasteiger partial charge is 0.507 e. The van der Waals surface area contributed by atoms with E-state index in [2.05, 4.69) is 39.7 Å². The summed E-state index contributed by atoms with van der Waals surface area (Å²) in [7, 11) is 0. The van der Waals surface area contributed by atoms with E-state index in [0.29, 0.717) is 23.0 Å². The molecule has 8 heteroatoms. The first kappa shape index (κ1) is 22.5. The molecular weight excluding hydrogens is 433 g/mol. The van der Waals surface area contributed by atoms with Crippen molar-refractivity contribution < 1.29 is 9.50 Å². The highest BCUT2D eigenvalue weighted by Crippen LogP contribution is 2.44.